The number of carbonyl (C=O) groups excluding carboxylic acids is 1. The van der Waals surface area contributed by atoms with E-state index in [0.29, 0.717) is 5.69 Å². The first-order valence-electron chi connectivity index (χ1n) is 12.5. The van der Waals surface area contributed by atoms with Crippen molar-refractivity contribution in [3.8, 4) is 0 Å². The highest BCUT2D eigenvalue weighted by Crippen LogP contribution is 2.27. The van der Waals surface area contributed by atoms with Crippen LogP contribution in [0.1, 0.15) is 61.4 Å². The molecule has 35 heavy (non-hydrogen) atoms. The molecule has 3 aromatic carbocycles. The van der Waals surface area contributed by atoms with Crippen molar-refractivity contribution in [1.29, 1.82) is 0 Å². The third kappa shape index (κ3) is 5.76. The molecule has 0 radical (unpaired) electrons. The first-order chi connectivity index (χ1) is 16.9. The van der Waals surface area contributed by atoms with Gasteiger partial charge in [0.2, 0.25) is 5.91 Å². The molecule has 0 saturated heterocycles. The Kier molecular flexibility index (Phi) is 7.91. The number of carbonyl (C=O) groups is 1. The molecule has 5 nitrogen and oxygen atoms in total. The number of rotatable bonds is 9. The maximum atomic E-state index is 13.6. The van der Waals surface area contributed by atoms with E-state index in [0.717, 1.165) is 36.8 Å². The number of anilines is 1. The van der Waals surface area contributed by atoms with Crippen LogP contribution in [0.4, 0.5) is 5.69 Å². The minimum Gasteiger partial charge on any atom is -0.348 e. The Hall–Kier alpha value is -3.12. The van der Waals surface area contributed by atoms with Crippen molar-refractivity contribution in [1.82, 2.24) is 5.32 Å². The maximum absolute atomic E-state index is 13.6. The lowest BCUT2D eigenvalue weighted by atomic mass is 9.89. The summed E-state index contributed by atoms with van der Waals surface area (Å²) in [4.78, 5) is 13.4. The molecule has 0 spiro atoms. The van der Waals surface area contributed by atoms with Gasteiger partial charge in [-0.25, -0.2) is 8.42 Å². The summed E-state index contributed by atoms with van der Waals surface area (Å²) in [7, 11) is -3.92. The Balaban J connectivity index is 1.59. The van der Waals surface area contributed by atoms with Gasteiger partial charge < -0.3 is 5.32 Å². The Morgan fingerprint density at radius 2 is 1.60 bits per heavy atom. The number of benzene rings is 3. The van der Waals surface area contributed by atoms with Gasteiger partial charge in [-0.05, 0) is 85.0 Å². The van der Waals surface area contributed by atoms with E-state index >= 15 is 0 Å². The predicted molar refractivity (Wildman–Crippen MR) is 141 cm³/mol. The highest BCUT2D eigenvalue weighted by Gasteiger charge is 2.28. The topological polar surface area (TPSA) is 66.5 Å². The second kappa shape index (κ2) is 11.1. The van der Waals surface area contributed by atoms with Crippen molar-refractivity contribution in [3.05, 3.63) is 95.1 Å². The molecule has 1 atom stereocenters. The van der Waals surface area contributed by atoms with Gasteiger partial charge in [0.15, 0.2) is 0 Å². The molecular formula is C29H34N2O3S. The van der Waals surface area contributed by atoms with E-state index < -0.39 is 10.0 Å². The molecule has 6 heteroatoms. The smallest absolute Gasteiger partial charge is 0.264 e. The van der Waals surface area contributed by atoms with E-state index in [4.69, 9.17) is 0 Å². The second-order valence-electron chi connectivity index (χ2n) is 9.11. The summed E-state index contributed by atoms with van der Waals surface area (Å²) < 4.78 is 28.3. The number of hydrogen-bond acceptors (Lipinski definition) is 3. The Labute approximate surface area is 209 Å². The zero-order valence-corrected chi connectivity index (χ0v) is 21.4. The molecule has 0 fully saturated rings. The van der Waals surface area contributed by atoms with Crippen LogP contribution in [0.15, 0.2) is 77.7 Å². The summed E-state index contributed by atoms with van der Waals surface area (Å²) in [5.74, 6) is -0.325. The van der Waals surface area contributed by atoms with E-state index in [1.54, 1.807) is 42.5 Å². The Morgan fingerprint density at radius 3 is 2.26 bits per heavy atom. The molecule has 0 aliphatic heterocycles. The van der Waals surface area contributed by atoms with Crippen LogP contribution in [0.5, 0.6) is 0 Å². The van der Waals surface area contributed by atoms with E-state index in [-0.39, 0.29) is 23.4 Å². The van der Waals surface area contributed by atoms with Crippen molar-refractivity contribution in [2.45, 2.75) is 63.3 Å². The average Bonchev–Trinajstić information content (AvgIpc) is 2.90. The summed E-state index contributed by atoms with van der Waals surface area (Å²) in [5.41, 5.74) is 5.42. The zero-order valence-electron chi connectivity index (χ0n) is 20.5. The molecule has 0 aromatic heterocycles. The Morgan fingerprint density at radius 1 is 0.914 bits per heavy atom. The number of fused-ring (bicyclic) bond motifs is 1. The number of sulfonamides is 1. The number of nitrogens with zero attached hydrogens (tertiary/aromatic N) is 1. The van der Waals surface area contributed by atoms with Crippen molar-refractivity contribution in [2.75, 3.05) is 10.8 Å². The average molecular weight is 491 g/mol. The fraction of sp³-hybridized carbons (Fsp3) is 0.345. The van der Waals surface area contributed by atoms with Crippen LogP contribution in [0.2, 0.25) is 0 Å². The van der Waals surface area contributed by atoms with Crippen LogP contribution in [0.25, 0.3) is 0 Å². The van der Waals surface area contributed by atoms with Crippen molar-refractivity contribution < 1.29 is 13.2 Å². The monoisotopic (exact) mass is 490 g/mol. The molecule has 1 aliphatic carbocycles. The summed E-state index contributed by atoms with van der Waals surface area (Å²) in [5, 5.41) is 3.09. The van der Waals surface area contributed by atoms with Gasteiger partial charge >= 0.3 is 0 Å². The third-order valence-electron chi connectivity index (χ3n) is 6.77. The van der Waals surface area contributed by atoms with Crippen molar-refractivity contribution in [2.24, 2.45) is 0 Å². The number of amides is 1. The minimum atomic E-state index is -3.92. The standard InChI is InChI=1S/C29H34N2O3S/c1-3-22-14-18-26(19-15-22)31(35(33,34)27-12-6-5-7-13-27)21-29(32)30-28(4-2)25-17-16-23-10-8-9-11-24(23)20-25/h5-7,12-20,28H,3-4,8-11,21H2,1-2H3,(H,30,32)/t28-/m0/s1. The SMILES string of the molecule is CCc1ccc(N(CC(=O)N[C@@H](CC)c2ccc3c(c2)CCCC3)S(=O)(=O)c2ccccc2)cc1. The number of hydrogen-bond donors (Lipinski definition) is 1. The molecule has 0 heterocycles. The normalized spacial score (nSPS) is 14.1. The van der Waals surface area contributed by atoms with Crippen molar-refractivity contribution >= 4 is 21.6 Å². The highest BCUT2D eigenvalue weighted by atomic mass is 32.2. The fourth-order valence-corrected chi connectivity index (χ4v) is 6.14. The highest BCUT2D eigenvalue weighted by molar-refractivity contribution is 7.92. The van der Waals surface area contributed by atoms with Crippen LogP contribution < -0.4 is 9.62 Å². The minimum absolute atomic E-state index is 0.161. The van der Waals surface area contributed by atoms with Gasteiger partial charge in [0.25, 0.3) is 10.0 Å². The molecular weight excluding hydrogens is 456 g/mol. The molecule has 0 unspecified atom stereocenters. The lowest BCUT2D eigenvalue weighted by Gasteiger charge is -2.26. The third-order valence-corrected chi connectivity index (χ3v) is 8.56. The predicted octanol–water partition coefficient (Wildman–Crippen LogP) is 5.59. The molecule has 184 valence electrons. The van der Waals surface area contributed by atoms with Gasteiger partial charge in [0.1, 0.15) is 6.54 Å². The maximum Gasteiger partial charge on any atom is 0.264 e. The molecule has 3 aromatic rings. The van der Waals surface area contributed by atoms with E-state index in [9.17, 15) is 13.2 Å². The number of nitrogens with one attached hydrogen (secondary N) is 1. The number of aryl methyl sites for hydroxylation is 3. The molecule has 1 amide bonds. The van der Waals surface area contributed by atoms with Crippen LogP contribution >= 0.6 is 0 Å². The van der Waals surface area contributed by atoms with Crippen LogP contribution in [-0.4, -0.2) is 20.9 Å². The van der Waals surface area contributed by atoms with Gasteiger partial charge in [0, 0.05) is 0 Å². The summed E-state index contributed by atoms with van der Waals surface area (Å²) >= 11 is 0. The molecule has 4 rings (SSSR count). The summed E-state index contributed by atoms with van der Waals surface area (Å²) in [6, 6.07) is 21.9. The lowest BCUT2D eigenvalue weighted by Crippen LogP contribution is -2.42. The Bertz CT molecular complexity index is 1250. The molecule has 0 bridgehead atoms. The van der Waals surface area contributed by atoms with Crippen LogP contribution in [0, 0.1) is 0 Å². The van der Waals surface area contributed by atoms with Crippen LogP contribution in [-0.2, 0) is 34.1 Å². The second-order valence-corrected chi connectivity index (χ2v) is 11.0. The van der Waals surface area contributed by atoms with Crippen LogP contribution in [0.3, 0.4) is 0 Å². The van der Waals surface area contributed by atoms with Gasteiger partial charge in [-0.3, -0.25) is 9.10 Å². The van der Waals surface area contributed by atoms with Gasteiger partial charge in [-0.1, -0.05) is 62.4 Å². The summed E-state index contributed by atoms with van der Waals surface area (Å²) in [6.45, 7) is 3.79. The van der Waals surface area contributed by atoms with Crippen molar-refractivity contribution in [3.63, 3.8) is 0 Å². The quantitative estimate of drug-likeness (QED) is 0.425. The first kappa shape index (κ1) is 25.0. The van der Waals surface area contributed by atoms with Gasteiger partial charge in [-0.15, -0.1) is 0 Å². The molecule has 0 saturated carbocycles. The van der Waals surface area contributed by atoms with E-state index in [1.165, 1.54) is 28.3 Å². The van der Waals surface area contributed by atoms with E-state index in [1.807, 2.05) is 26.0 Å². The zero-order chi connectivity index (χ0) is 24.8. The largest absolute Gasteiger partial charge is 0.348 e. The summed E-state index contributed by atoms with van der Waals surface area (Å²) in [6.07, 6.45) is 6.19. The molecule has 1 aliphatic rings. The van der Waals surface area contributed by atoms with Gasteiger partial charge in [-0.2, -0.15) is 0 Å². The van der Waals surface area contributed by atoms with Gasteiger partial charge in [0.05, 0.1) is 16.6 Å². The lowest BCUT2D eigenvalue weighted by molar-refractivity contribution is -0.120. The first-order valence-corrected chi connectivity index (χ1v) is 13.9. The molecule has 1 N–H and O–H groups in total. The van der Waals surface area contributed by atoms with E-state index in [2.05, 4.69) is 23.5 Å². The fourth-order valence-electron chi connectivity index (χ4n) is 4.69.